The topological polar surface area (TPSA) is 143 Å². The van der Waals surface area contributed by atoms with Crippen molar-refractivity contribution >= 4 is 29.7 Å². The maximum atomic E-state index is 13.0. The number of carbonyl (C=O) groups is 2. The molecule has 3 aromatic heterocycles. The van der Waals surface area contributed by atoms with Gasteiger partial charge in [0.2, 0.25) is 11.8 Å². The number of nitrogens with zero attached hydrogens (tertiary/aromatic N) is 5. The molecule has 1 aliphatic rings. The van der Waals surface area contributed by atoms with E-state index in [2.05, 4.69) is 30.5 Å². The summed E-state index contributed by atoms with van der Waals surface area (Å²) < 4.78 is 12.9. The Morgan fingerprint density at radius 3 is 2.76 bits per heavy atom. The van der Waals surface area contributed by atoms with Crippen LogP contribution in [-0.4, -0.2) is 76.7 Å². The minimum atomic E-state index is -0.359. The van der Waals surface area contributed by atoms with Crippen LogP contribution in [0.25, 0.3) is 5.65 Å². The molecule has 0 spiro atoms. The van der Waals surface area contributed by atoms with Gasteiger partial charge in [-0.15, -0.1) is 0 Å². The molecule has 3 aromatic rings. The third kappa shape index (κ3) is 5.52. The van der Waals surface area contributed by atoms with E-state index in [1.165, 1.54) is 6.20 Å². The SMILES string of the molecule is CCOc1nc(N2CCC(NC)C2)ncc1C(=O)Nc1cc(OC)c2nc(C)cn2c1.O=CO. The number of hydrogen-bond acceptors (Lipinski definition) is 9. The van der Waals surface area contributed by atoms with E-state index in [9.17, 15) is 4.79 Å². The third-order valence-corrected chi connectivity index (χ3v) is 5.26. The van der Waals surface area contributed by atoms with Crippen molar-refractivity contribution in [1.82, 2.24) is 24.7 Å². The number of anilines is 2. The van der Waals surface area contributed by atoms with Crippen LogP contribution in [0.2, 0.25) is 0 Å². The minimum absolute atomic E-state index is 0.250. The molecule has 0 saturated carbocycles. The average molecular weight is 472 g/mol. The van der Waals surface area contributed by atoms with Crippen LogP contribution in [0.4, 0.5) is 11.6 Å². The van der Waals surface area contributed by atoms with Crippen LogP contribution in [0.3, 0.4) is 0 Å². The Balaban J connectivity index is 0.00000103. The predicted octanol–water partition coefficient (Wildman–Crippen LogP) is 1.59. The van der Waals surface area contributed by atoms with Gasteiger partial charge in [-0.25, -0.2) is 9.97 Å². The zero-order chi connectivity index (χ0) is 24.7. The Bertz CT molecular complexity index is 1150. The summed E-state index contributed by atoms with van der Waals surface area (Å²) >= 11 is 0. The first-order valence-corrected chi connectivity index (χ1v) is 10.8. The average Bonchev–Trinajstić information content (AvgIpc) is 3.45. The Kier molecular flexibility index (Phi) is 8.19. The number of carbonyl (C=O) groups excluding carboxylic acids is 1. The second kappa shape index (κ2) is 11.3. The van der Waals surface area contributed by atoms with E-state index in [-0.39, 0.29) is 23.8 Å². The number of amides is 1. The number of ether oxygens (including phenoxy) is 2. The second-order valence-corrected chi connectivity index (χ2v) is 7.51. The summed E-state index contributed by atoms with van der Waals surface area (Å²) in [6, 6.07) is 2.14. The standard InChI is InChI=1S/C21H27N7O3.CH2O2/c1-5-31-20-16(9-23-21(26-20)27-7-6-14(11-27)22-3)19(29)25-15-8-17(30-4)18-24-13(2)10-28(18)12-15;2-1-3/h8-10,12,14,22H,5-7,11H2,1-4H3,(H,25,29);1H,(H,2,3). The van der Waals surface area contributed by atoms with E-state index in [1.807, 2.05) is 31.5 Å². The van der Waals surface area contributed by atoms with Gasteiger partial charge in [0.1, 0.15) is 5.56 Å². The molecule has 182 valence electrons. The molecule has 1 saturated heterocycles. The lowest BCUT2D eigenvalue weighted by Gasteiger charge is -2.18. The van der Waals surface area contributed by atoms with Crippen molar-refractivity contribution < 1.29 is 24.2 Å². The summed E-state index contributed by atoms with van der Waals surface area (Å²) in [6.45, 7) is 5.57. The van der Waals surface area contributed by atoms with Gasteiger partial charge in [0.05, 0.1) is 25.1 Å². The molecule has 1 aliphatic heterocycles. The van der Waals surface area contributed by atoms with Gasteiger partial charge in [-0.2, -0.15) is 4.98 Å². The van der Waals surface area contributed by atoms with Crippen LogP contribution in [-0.2, 0) is 4.79 Å². The highest BCUT2D eigenvalue weighted by Gasteiger charge is 2.25. The Morgan fingerprint density at radius 2 is 2.12 bits per heavy atom. The third-order valence-electron chi connectivity index (χ3n) is 5.26. The number of rotatable bonds is 7. The van der Waals surface area contributed by atoms with Crippen molar-refractivity contribution in [2.24, 2.45) is 0 Å². The number of hydrogen-bond donors (Lipinski definition) is 3. The van der Waals surface area contributed by atoms with Gasteiger partial charge < -0.3 is 34.5 Å². The lowest BCUT2D eigenvalue weighted by Crippen LogP contribution is -2.30. The highest BCUT2D eigenvalue weighted by Crippen LogP contribution is 2.26. The molecule has 1 fully saturated rings. The van der Waals surface area contributed by atoms with Crippen molar-refractivity contribution in [3.05, 3.63) is 35.9 Å². The van der Waals surface area contributed by atoms with Gasteiger partial charge in [-0.1, -0.05) is 0 Å². The van der Waals surface area contributed by atoms with Gasteiger partial charge in [0.15, 0.2) is 11.4 Å². The quantitative estimate of drug-likeness (QED) is 0.435. The van der Waals surface area contributed by atoms with Crippen molar-refractivity contribution in [2.45, 2.75) is 26.3 Å². The van der Waals surface area contributed by atoms with Gasteiger partial charge >= 0.3 is 0 Å². The van der Waals surface area contributed by atoms with E-state index in [0.717, 1.165) is 25.2 Å². The summed E-state index contributed by atoms with van der Waals surface area (Å²) in [7, 11) is 3.52. The fraction of sp³-hybridized carbons (Fsp3) is 0.409. The van der Waals surface area contributed by atoms with Crippen LogP contribution < -0.4 is 25.0 Å². The minimum Gasteiger partial charge on any atom is -0.493 e. The molecule has 12 nitrogen and oxygen atoms in total. The fourth-order valence-electron chi connectivity index (χ4n) is 3.70. The Morgan fingerprint density at radius 1 is 1.35 bits per heavy atom. The molecule has 4 heterocycles. The Labute approximate surface area is 196 Å². The molecule has 3 N–H and O–H groups in total. The normalized spacial score (nSPS) is 14.9. The molecular formula is C22H29N7O5. The number of fused-ring (bicyclic) bond motifs is 1. The number of nitrogens with one attached hydrogen (secondary N) is 2. The molecule has 0 bridgehead atoms. The van der Waals surface area contributed by atoms with Crippen LogP contribution >= 0.6 is 0 Å². The van der Waals surface area contributed by atoms with Gasteiger partial charge in [-0.3, -0.25) is 9.59 Å². The van der Waals surface area contributed by atoms with Crippen molar-refractivity contribution in [1.29, 1.82) is 0 Å². The molecule has 34 heavy (non-hydrogen) atoms. The largest absolute Gasteiger partial charge is 0.493 e. The molecule has 0 radical (unpaired) electrons. The summed E-state index contributed by atoms with van der Waals surface area (Å²) in [6.07, 6.45) is 6.19. The molecule has 1 atom stereocenters. The molecule has 12 heteroatoms. The number of aryl methyl sites for hydroxylation is 1. The summed E-state index contributed by atoms with van der Waals surface area (Å²) in [5.41, 5.74) is 2.38. The maximum absolute atomic E-state index is 13.0. The summed E-state index contributed by atoms with van der Waals surface area (Å²) in [5.74, 6) is 1.04. The lowest BCUT2D eigenvalue weighted by molar-refractivity contribution is -0.122. The van der Waals surface area contributed by atoms with E-state index in [0.29, 0.717) is 35.7 Å². The number of imidazole rings is 1. The number of methoxy groups -OCH3 is 1. The number of likely N-dealkylation sites (N-methyl/N-ethyl adjacent to an activating group) is 1. The van der Waals surface area contributed by atoms with Crippen LogP contribution in [0.1, 0.15) is 29.4 Å². The molecule has 0 aliphatic carbocycles. The summed E-state index contributed by atoms with van der Waals surface area (Å²) in [5, 5.41) is 13.1. The highest BCUT2D eigenvalue weighted by molar-refractivity contribution is 6.05. The van der Waals surface area contributed by atoms with Crippen molar-refractivity contribution in [2.75, 3.05) is 44.1 Å². The lowest BCUT2D eigenvalue weighted by atomic mass is 10.3. The molecule has 4 rings (SSSR count). The summed E-state index contributed by atoms with van der Waals surface area (Å²) in [4.78, 5) is 36.9. The van der Waals surface area contributed by atoms with Gasteiger partial charge in [0, 0.05) is 43.8 Å². The monoisotopic (exact) mass is 471 g/mol. The molecule has 0 aromatic carbocycles. The Hall–Kier alpha value is -3.93. The first-order chi connectivity index (χ1) is 16.4. The maximum Gasteiger partial charge on any atom is 0.290 e. The predicted molar refractivity (Wildman–Crippen MR) is 126 cm³/mol. The number of carboxylic acid groups (broad SMARTS) is 1. The zero-order valence-electron chi connectivity index (χ0n) is 19.6. The van der Waals surface area contributed by atoms with Crippen LogP contribution in [0, 0.1) is 6.92 Å². The van der Waals surface area contributed by atoms with Crippen molar-refractivity contribution in [3.8, 4) is 11.6 Å². The number of pyridine rings is 1. The van der Waals surface area contributed by atoms with E-state index in [1.54, 1.807) is 19.4 Å². The van der Waals surface area contributed by atoms with Crippen LogP contribution in [0.5, 0.6) is 11.6 Å². The fourth-order valence-corrected chi connectivity index (χ4v) is 3.70. The van der Waals surface area contributed by atoms with Crippen molar-refractivity contribution in [3.63, 3.8) is 0 Å². The van der Waals surface area contributed by atoms with Crippen LogP contribution in [0.15, 0.2) is 24.7 Å². The first kappa shape index (κ1) is 24.7. The van der Waals surface area contributed by atoms with Gasteiger partial charge in [-0.05, 0) is 27.3 Å². The highest BCUT2D eigenvalue weighted by atomic mass is 16.5. The van der Waals surface area contributed by atoms with E-state index < -0.39 is 0 Å². The smallest absolute Gasteiger partial charge is 0.290 e. The molecular weight excluding hydrogens is 442 g/mol. The number of aromatic nitrogens is 4. The zero-order valence-corrected chi connectivity index (χ0v) is 19.6. The molecule has 1 amide bonds. The van der Waals surface area contributed by atoms with Gasteiger partial charge in [0.25, 0.3) is 12.4 Å². The van der Waals surface area contributed by atoms with E-state index >= 15 is 0 Å². The first-order valence-electron chi connectivity index (χ1n) is 10.8. The second-order valence-electron chi connectivity index (χ2n) is 7.51. The van der Waals surface area contributed by atoms with E-state index in [4.69, 9.17) is 19.4 Å². The molecule has 1 unspecified atom stereocenters.